The molecule has 2 aromatic carbocycles. The summed E-state index contributed by atoms with van der Waals surface area (Å²) >= 11 is 0. The third-order valence-corrected chi connectivity index (χ3v) is 4.82. The number of nitrogens with one attached hydrogen (secondary N) is 1. The first-order valence-corrected chi connectivity index (χ1v) is 10.1. The fourth-order valence-electron chi connectivity index (χ4n) is 3.03. The van der Waals surface area contributed by atoms with Crippen molar-refractivity contribution in [2.75, 3.05) is 12.9 Å². The van der Waals surface area contributed by atoms with E-state index in [-0.39, 0.29) is 6.61 Å². The van der Waals surface area contributed by atoms with Crippen molar-refractivity contribution in [3.63, 3.8) is 0 Å². The fourth-order valence-corrected chi connectivity index (χ4v) is 3.42. The summed E-state index contributed by atoms with van der Waals surface area (Å²) in [4.78, 5) is 7.69. The van der Waals surface area contributed by atoms with E-state index < -0.39 is 10.1 Å². The maximum atomic E-state index is 11.1. The van der Waals surface area contributed by atoms with Crippen molar-refractivity contribution in [3.05, 3.63) is 59.8 Å². The smallest absolute Gasteiger partial charge is 0.264 e. The number of aliphatic imine (C=N–C) groups is 1. The van der Waals surface area contributed by atoms with Crippen molar-refractivity contribution in [2.45, 2.75) is 12.8 Å². The van der Waals surface area contributed by atoms with Crippen molar-refractivity contribution in [1.29, 1.82) is 0 Å². The van der Waals surface area contributed by atoms with Gasteiger partial charge in [0.05, 0.1) is 25.0 Å². The van der Waals surface area contributed by atoms with Crippen molar-refractivity contribution >= 4 is 32.6 Å². The summed E-state index contributed by atoms with van der Waals surface area (Å²) in [6.07, 6.45) is 4.08. The van der Waals surface area contributed by atoms with E-state index in [0.717, 1.165) is 34.0 Å². The van der Waals surface area contributed by atoms with Crippen LogP contribution in [0, 0.1) is 0 Å². The minimum absolute atomic E-state index is 0.110. The number of hydrogen-bond acceptors (Lipinski definition) is 5. The van der Waals surface area contributed by atoms with Gasteiger partial charge in [0.25, 0.3) is 10.1 Å². The van der Waals surface area contributed by atoms with Gasteiger partial charge in [0.2, 0.25) is 0 Å². The first-order chi connectivity index (χ1) is 12.5. The number of aromatic nitrogens is 1. The SMILES string of the molecule is CS(=O)(=O)OCCc1c[nH]c2ccc(OC3=Nc4ccccc4C3)cc12. The standard InChI is InChI=1S/C19H18N2O4S/c1-26(22,23)24-9-8-14-12-20-18-7-6-15(11-16(14)18)25-19-10-13-4-2-3-5-17(13)21-19/h2-7,11-12,20H,8-10H2,1H3. The monoisotopic (exact) mass is 370 g/mol. The van der Waals surface area contributed by atoms with Crippen LogP contribution >= 0.6 is 0 Å². The molecule has 1 aliphatic heterocycles. The van der Waals surface area contributed by atoms with Crippen LogP contribution in [0.4, 0.5) is 5.69 Å². The zero-order valence-corrected chi connectivity index (χ0v) is 15.0. The molecule has 1 N–H and O–H groups in total. The van der Waals surface area contributed by atoms with Crippen LogP contribution in [0.5, 0.6) is 5.75 Å². The summed E-state index contributed by atoms with van der Waals surface area (Å²) < 4.78 is 33.0. The normalized spacial score (nSPS) is 13.7. The van der Waals surface area contributed by atoms with E-state index in [1.807, 2.05) is 48.7 Å². The zero-order chi connectivity index (χ0) is 18.1. The lowest BCUT2D eigenvalue weighted by atomic mass is 10.1. The van der Waals surface area contributed by atoms with E-state index >= 15 is 0 Å². The summed E-state index contributed by atoms with van der Waals surface area (Å²) in [5, 5.41) is 0.982. The van der Waals surface area contributed by atoms with Gasteiger partial charge in [-0.15, -0.1) is 0 Å². The molecule has 6 nitrogen and oxygen atoms in total. The minimum Gasteiger partial charge on any atom is -0.443 e. The Morgan fingerprint density at radius 1 is 1.19 bits per heavy atom. The first-order valence-electron chi connectivity index (χ1n) is 8.26. The van der Waals surface area contributed by atoms with E-state index in [0.29, 0.717) is 24.5 Å². The predicted molar refractivity (Wildman–Crippen MR) is 101 cm³/mol. The molecule has 3 aromatic rings. The summed E-state index contributed by atoms with van der Waals surface area (Å²) in [5.41, 5.74) is 4.04. The molecular formula is C19H18N2O4S. The topological polar surface area (TPSA) is 80.8 Å². The third kappa shape index (κ3) is 3.63. The minimum atomic E-state index is -3.43. The van der Waals surface area contributed by atoms with Gasteiger partial charge in [-0.25, -0.2) is 4.99 Å². The molecular weight excluding hydrogens is 352 g/mol. The van der Waals surface area contributed by atoms with Gasteiger partial charge in [-0.3, -0.25) is 4.18 Å². The van der Waals surface area contributed by atoms with Crippen LogP contribution in [0.25, 0.3) is 10.9 Å². The molecule has 0 saturated heterocycles. The van der Waals surface area contributed by atoms with Gasteiger partial charge in [0, 0.05) is 17.1 Å². The molecule has 1 aliphatic rings. The summed E-state index contributed by atoms with van der Waals surface area (Å²) in [6.45, 7) is 0.110. The van der Waals surface area contributed by atoms with Crippen molar-refractivity contribution in [1.82, 2.24) is 4.98 Å². The Bertz CT molecular complexity index is 1100. The molecule has 0 aliphatic carbocycles. The van der Waals surface area contributed by atoms with Crippen LogP contribution in [-0.2, 0) is 27.1 Å². The predicted octanol–water partition coefficient (Wildman–Crippen LogP) is 3.35. The van der Waals surface area contributed by atoms with Gasteiger partial charge < -0.3 is 9.72 Å². The van der Waals surface area contributed by atoms with Crippen LogP contribution in [0.1, 0.15) is 11.1 Å². The summed E-state index contributed by atoms with van der Waals surface area (Å²) in [7, 11) is -3.43. The van der Waals surface area contributed by atoms with Gasteiger partial charge >= 0.3 is 0 Å². The Morgan fingerprint density at radius 3 is 2.85 bits per heavy atom. The van der Waals surface area contributed by atoms with Gasteiger partial charge in [-0.1, -0.05) is 18.2 Å². The summed E-state index contributed by atoms with van der Waals surface area (Å²) in [6, 6.07) is 13.7. The molecule has 4 rings (SSSR count). The quantitative estimate of drug-likeness (QED) is 0.699. The van der Waals surface area contributed by atoms with Gasteiger partial charge in [0.15, 0.2) is 5.90 Å². The number of hydrogen-bond donors (Lipinski definition) is 1. The molecule has 0 bridgehead atoms. The first kappa shape index (κ1) is 16.8. The average molecular weight is 370 g/mol. The van der Waals surface area contributed by atoms with Crippen LogP contribution in [0.15, 0.2) is 53.7 Å². The molecule has 0 radical (unpaired) electrons. The number of rotatable bonds is 5. The molecule has 0 fully saturated rings. The van der Waals surface area contributed by atoms with Crippen molar-refractivity contribution in [3.8, 4) is 5.75 Å². The number of para-hydroxylation sites is 1. The molecule has 0 atom stereocenters. The van der Waals surface area contributed by atoms with Crippen LogP contribution in [0.2, 0.25) is 0 Å². The lowest BCUT2D eigenvalue weighted by Crippen LogP contribution is -2.08. The highest BCUT2D eigenvalue weighted by Gasteiger charge is 2.16. The highest BCUT2D eigenvalue weighted by molar-refractivity contribution is 7.85. The number of nitrogens with zero attached hydrogens (tertiary/aromatic N) is 1. The molecule has 2 heterocycles. The Hall–Kier alpha value is -2.64. The van der Waals surface area contributed by atoms with Gasteiger partial charge in [0.1, 0.15) is 5.75 Å². The summed E-state index contributed by atoms with van der Waals surface area (Å²) in [5.74, 6) is 1.37. The Labute approximate surface area is 151 Å². The highest BCUT2D eigenvalue weighted by Crippen LogP contribution is 2.29. The number of ether oxygens (including phenoxy) is 1. The Kier molecular flexibility index (Phi) is 4.26. The van der Waals surface area contributed by atoms with Crippen LogP contribution in [0.3, 0.4) is 0 Å². The second kappa shape index (κ2) is 6.59. The number of aromatic amines is 1. The van der Waals surface area contributed by atoms with Crippen LogP contribution in [-0.4, -0.2) is 32.2 Å². The molecule has 0 saturated carbocycles. The van der Waals surface area contributed by atoms with Gasteiger partial charge in [-0.2, -0.15) is 8.42 Å². The molecule has 0 spiro atoms. The highest BCUT2D eigenvalue weighted by atomic mass is 32.2. The second-order valence-corrected chi connectivity index (χ2v) is 7.85. The molecule has 0 amide bonds. The molecule has 1 aromatic heterocycles. The fraction of sp³-hybridized carbons (Fsp3) is 0.211. The van der Waals surface area contributed by atoms with E-state index in [1.54, 1.807) is 0 Å². The Balaban J connectivity index is 1.51. The number of benzene rings is 2. The molecule has 0 unspecified atom stereocenters. The number of H-pyrrole nitrogens is 1. The number of fused-ring (bicyclic) bond motifs is 2. The lowest BCUT2D eigenvalue weighted by molar-refractivity contribution is 0.326. The third-order valence-electron chi connectivity index (χ3n) is 4.22. The van der Waals surface area contributed by atoms with E-state index in [1.165, 1.54) is 0 Å². The molecule has 26 heavy (non-hydrogen) atoms. The van der Waals surface area contributed by atoms with Crippen molar-refractivity contribution in [2.24, 2.45) is 4.99 Å². The maximum Gasteiger partial charge on any atom is 0.264 e. The lowest BCUT2D eigenvalue weighted by Gasteiger charge is -2.06. The largest absolute Gasteiger partial charge is 0.443 e. The van der Waals surface area contributed by atoms with Crippen molar-refractivity contribution < 1.29 is 17.3 Å². The molecule has 7 heteroatoms. The van der Waals surface area contributed by atoms with Gasteiger partial charge in [-0.05, 0) is 41.8 Å². The van der Waals surface area contributed by atoms with E-state index in [4.69, 9.17) is 8.92 Å². The molecule has 134 valence electrons. The zero-order valence-electron chi connectivity index (χ0n) is 14.2. The average Bonchev–Trinajstić information content (AvgIpc) is 3.17. The second-order valence-electron chi connectivity index (χ2n) is 6.21. The Morgan fingerprint density at radius 2 is 2.04 bits per heavy atom. The van der Waals surface area contributed by atoms with Crippen LogP contribution < -0.4 is 4.74 Å². The van der Waals surface area contributed by atoms with E-state index in [2.05, 4.69) is 9.98 Å². The van der Waals surface area contributed by atoms with E-state index in [9.17, 15) is 8.42 Å². The maximum absolute atomic E-state index is 11.1.